The van der Waals surface area contributed by atoms with Gasteiger partial charge < -0.3 is 9.64 Å². The van der Waals surface area contributed by atoms with Crippen LogP contribution >= 0.6 is 0 Å². The molecule has 6 heteroatoms. The van der Waals surface area contributed by atoms with Gasteiger partial charge in [0, 0.05) is 13.1 Å². The molecule has 1 unspecified atom stereocenters. The van der Waals surface area contributed by atoms with Gasteiger partial charge in [-0.15, -0.1) is 0 Å². The molecule has 22 heavy (non-hydrogen) atoms. The van der Waals surface area contributed by atoms with Gasteiger partial charge in [-0.2, -0.15) is 0 Å². The Labute approximate surface area is 132 Å². The average Bonchev–Trinajstić information content (AvgIpc) is 2.55. The lowest BCUT2D eigenvalue weighted by Gasteiger charge is -2.34. The number of anilines is 1. The summed E-state index contributed by atoms with van der Waals surface area (Å²) < 4.78 is 29.6. The predicted molar refractivity (Wildman–Crippen MR) is 85.7 cm³/mol. The van der Waals surface area contributed by atoms with Crippen molar-refractivity contribution in [3.63, 3.8) is 0 Å². The fraction of sp³-hybridized carbons (Fsp3) is 0.562. The van der Waals surface area contributed by atoms with Gasteiger partial charge in [-0.25, -0.2) is 8.42 Å². The van der Waals surface area contributed by atoms with E-state index in [1.165, 1.54) is 0 Å². The third-order valence-corrected chi connectivity index (χ3v) is 5.74. The number of ether oxygens (including phenoxy) is 1. The first kappa shape index (κ1) is 16.8. The summed E-state index contributed by atoms with van der Waals surface area (Å²) in [5.41, 5.74) is 0.693. The Bertz CT molecular complexity index is 627. The fourth-order valence-corrected chi connectivity index (χ4v) is 3.90. The Kier molecular flexibility index (Phi) is 5.45. The Hall–Kier alpha value is -1.56. The normalized spacial score (nSPS) is 19.0. The van der Waals surface area contributed by atoms with Crippen molar-refractivity contribution in [1.82, 2.24) is 0 Å². The molecule has 0 N–H and O–H groups in total. The minimum absolute atomic E-state index is 0.0686. The molecule has 5 nitrogen and oxygen atoms in total. The summed E-state index contributed by atoms with van der Waals surface area (Å²) in [5, 5.41) is 0. The summed E-state index contributed by atoms with van der Waals surface area (Å²) in [5.74, 6) is -0.312. The van der Waals surface area contributed by atoms with Gasteiger partial charge in [0.05, 0.1) is 28.9 Å². The minimum Gasteiger partial charge on any atom is -0.466 e. The molecule has 1 heterocycles. The highest BCUT2D eigenvalue weighted by atomic mass is 32.2. The summed E-state index contributed by atoms with van der Waals surface area (Å²) in [6.07, 6.45) is 1.64. The number of esters is 1. The summed E-state index contributed by atoms with van der Waals surface area (Å²) in [6, 6.07) is 7.02. The van der Waals surface area contributed by atoms with Gasteiger partial charge in [0.2, 0.25) is 0 Å². The van der Waals surface area contributed by atoms with E-state index < -0.39 is 9.84 Å². The maximum Gasteiger partial charge on any atom is 0.310 e. The SMILES string of the molecule is CCOC(=O)C1CCCN(c2ccccc2S(=O)(=O)CC)C1. The predicted octanol–water partition coefficient (Wildman–Crippen LogP) is 2.26. The molecule has 0 spiro atoms. The molecule has 0 aliphatic carbocycles. The number of sulfone groups is 1. The molecular weight excluding hydrogens is 302 g/mol. The van der Waals surface area contributed by atoms with Crippen molar-refractivity contribution in [2.75, 3.05) is 30.3 Å². The molecule has 0 radical (unpaired) electrons. The smallest absolute Gasteiger partial charge is 0.310 e. The van der Waals surface area contributed by atoms with E-state index in [9.17, 15) is 13.2 Å². The maximum atomic E-state index is 12.3. The van der Waals surface area contributed by atoms with Crippen LogP contribution in [0, 0.1) is 5.92 Å². The van der Waals surface area contributed by atoms with Crippen LogP contribution in [-0.2, 0) is 19.4 Å². The average molecular weight is 325 g/mol. The van der Waals surface area contributed by atoms with Gasteiger partial charge in [-0.05, 0) is 31.9 Å². The number of para-hydroxylation sites is 1. The van der Waals surface area contributed by atoms with Crippen molar-refractivity contribution in [3.05, 3.63) is 24.3 Å². The first-order valence-electron chi connectivity index (χ1n) is 7.73. The standard InChI is InChI=1S/C16H23NO4S/c1-3-21-16(18)13-8-7-11-17(12-13)14-9-5-6-10-15(14)22(19,20)4-2/h5-6,9-10,13H,3-4,7-8,11-12H2,1-2H3. The molecule has 0 aromatic heterocycles. The van der Waals surface area contributed by atoms with Crippen molar-refractivity contribution in [1.29, 1.82) is 0 Å². The molecule has 1 aliphatic heterocycles. The Morgan fingerprint density at radius 3 is 2.73 bits per heavy atom. The first-order chi connectivity index (χ1) is 10.5. The number of piperidine rings is 1. The van der Waals surface area contributed by atoms with Gasteiger partial charge >= 0.3 is 5.97 Å². The van der Waals surface area contributed by atoms with Crippen LogP contribution < -0.4 is 4.90 Å². The highest BCUT2D eigenvalue weighted by Gasteiger charge is 2.29. The number of hydrogen-bond acceptors (Lipinski definition) is 5. The molecular formula is C16H23NO4S. The fourth-order valence-electron chi connectivity index (χ4n) is 2.79. The molecule has 0 amide bonds. The molecule has 2 rings (SSSR count). The van der Waals surface area contributed by atoms with E-state index in [2.05, 4.69) is 0 Å². The van der Waals surface area contributed by atoms with E-state index in [0.717, 1.165) is 19.4 Å². The molecule has 1 aromatic carbocycles. The number of rotatable bonds is 5. The van der Waals surface area contributed by atoms with Gasteiger partial charge in [-0.1, -0.05) is 19.1 Å². The zero-order valence-electron chi connectivity index (χ0n) is 13.1. The Morgan fingerprint density at radius 1 is 1.32 bits per heavy atom. The third-order valence-electron chi connectivity index (χ3n) is 3.96. The van der Waals surface area contributed by atoms with Gasteiger partial charge in [0.1, 0.15) is 0 Å². The number of carbonyl (C=O) groups is 1. The molecule has 1 aromatic rings. The maximum absolute atomic E-state index is 12.3. The topological polar surface area (TPSA) is 63.7 Å². The molecule has 122 valence electrons. The largest absolute Gasteiger partial charge is 0.466 e. The molecule has 1 saturated heterocycles. The van der Waals surface area contributed by atoms with Crippen LogP contribution in [0.4, 0.5) is 5.69 Å². The number of hydrogen-bond donors (Lipinski definition) is 0. The Morgan fingerprint density at radius 2 is 2.05 bits per heavy atom. The van der Waals surface area contributed by atoms with Crippen LogP contribution in [0.1, 0.15) is 26.7 Å². The van der Waals surface area contributed by atoms with Crippen molar-refractivity contribution >= 4 is 21.5 Å². The quantitative estimate of drug-likeness (QED) is 0.777. The summed E-state index contributed by atoms with van der Waals surface area (Å²) >= 11 is 0. The first-order valence-corrected chi connectivity index (χ1v) is 9.38. The summed E-state index contributed by atoms with van der Waals surface area (Å²) in [7, 11) is -3.28. The van der Waals surface area contributed by atoms with Crippen LogP contribution in [-0.4, -0.2) is 39.8 Å². The molecule has 0 bridgehead atoms. The monoisotopic (exact) mass is 325 g/mol. The van der Waals surface area contributed by atoms with Gasteiger partial charge in [0.15, 0.2) is 9.84 Å². The van der Waals surface area contributed by atoms with Crippen molar-refractivity contribution in [2.24, 2.45) is 5.92 Å². The zero-order chi connectivity index (χ0) is 16.2. The van der Waals surface area contributed by atoms with Crippen LogP contribution in [0.15, 0.2) is 29.2 Å². The Balaban J connectivity index is 2.27. The highest BCUT2D eigenvalue weighted by molar-refractivity contribution is 7.91. The lowest BCUT2D eigenvalue weighted by Crippen LogP contribution is -2.40. The van der Waals surface area contributed by atoms with Crippen LogP contribution in [0.3, 0.4) is 0 Å². The highest BCUT2D eigenvalue weighted by Crippen LogP contribution is 2.30. The van der Waals surface area contributed by atoms with E-state index in [1.54, 1.807) is 26.0 Å². The van der Waals surface area contributed by atoms with E-state index in [4.69, 9.17) is 4.74 Å². The molecule has 0 saturated carbocycles. The second kappa shape index (κ2) is 7.13. The number of nitrogens with zero attached hydrogens (tertiary/aromatic N) is 1. The van der Waals surface area contributed by atoms with Crippen LogP contribution in [0.2, 0.25) is 0 Å². The zero-order valence-corrected chi connectivity index (χ0v) is 13.9. The van der Waals surface area contributed by atoms with Gasteiger partial charge in [-0.3, -0.25) is 4.79 Å². The second-order valence-electron chi connectivity index (χ2n) is 5.41. The van der Waals surface area contributed by atoms with Gasteiger partial charge in [0.25, 0.3) is 0 Å². The van der Waals surface area contributed by atoms with Crippen molar-refractivity contribution in [2.45, 2.75) is 31.6 Å². The van der Waals surface area contributed by atoms with Crippen LogP contribution in [0.5, 0.6) is 0 Å². The van der Waals surface area contributed by atoms with E-state index in [0.29, 0.717) is 23.7 Å². The summed E-state index contributed by atoms with van der Waals surface area (Å²) in [4.78, 5) is 14.3. The number of benzene rings is 1. The lowest BCUT2D eigenvalue weighted by molar-refractivity contribution is -0.148. The number of carbonyl (C=O) groups excluding carboxylic acids is 1. The molecule has 1 aliphatic rings. The van der Waals surface area contributed by atoms with E-state index in [1.807, 2.05) is 17.0 Å². The summed E-state index contributed by atoms with van der Waals surface area (Å²) in [6.45, 7) is 5.07. The van der Waals surface area contributed by atoms with Crippen molar-refractivity contribution in [3.8, 4) is 0 Å². The molecule has 1 fully saturated rings. The van der Waals surface area contributed by atoms with Crippen LogP contribution in [0.25, 0.3) is 0 Å². The minimum atomic E-state index is -3.28. The lowest BCUT2D eigenvalue weighted by atomic mass is 9.97. The van der Waals surface area contributed by atoms with E-state index >= 15 is 0 Å². The van der Waals surface area contributed by atoms with Crippen molar-refractivity contribution < 1.29 is 17.9 Å². The molecule has 1 atom stereocenters. The second-order valence-corrected chi connectivity index (χ2v) is 7.66. The third kappa shape index (κ3) is 3.61. The van der Waals surface area contributed by atoms with E-state index in [-0.39, 0.29) is 17.6 Å².